The van der Waals surface area contributed by atoms with Crippen LogP contribution in [0, 0.1) is 0 Å². The summed E-state index contributed by atoms with van der Waals surface area (Å²) in [5.41, 5.74) is 4.85. The van der Waals surface area contributed by atoms with Gasteiger partial charge < -0.3 is 25.6 Å². The van der Waals surface area contributed by atoms with Crippen LogP contribution in [0.5, 0.6) is 0 Å². The number of carbonyl (C=O) groups excluding carboxylic acids is 2. The number of carbonyl (C=O) groups is 2. The fourth-order valence-electron chi connectivity index (χ4n) is 3.21. The van der Waals surface area contributed by atoms with Crippen LogP contribution in [0.2, 0.25) is 0 Å². The van der Waals surface area contributed by atoms with Gasteiger partial charge in [0, 0.05) is 38.3 Å². The highest BCUT2D eigenvalue weighted by Gasteiger charge is 2.29. The van der Waals surface area contributed by atoms with Crippen molar-refractivity contribution < 1.29 is 14.3 Å². The molecule has 2 saturated heterocycles. The van der Waals surface area contributed by atoms with E-state index in [1.807, 2.05) is 20.8 Å². The number of urea groups is 1. The first-order chi connectivity index (χ1) is 10.7. The Kier molecular flexibility index (Phi) is 5.73. The molecule has 2 aliphatic rings. The molecule has 0 radical (unpaired) electrons. The Hall–Kier alpha value is -1.50. The molecule has 1 unspecified atom stereocenters. The Bertz CT molecular complexity index is 428. The van der Waals surface area contributed by atoms with Crippen molar-refractivity contribution in [2.24, 2.45) is 5.73 Å². The quantitative estimate of drug-likeness (QED) is 0.805. The van der Waals surface area contributed by atoms with Crippen molar-refractivity contribution >= 4 is 12.1 Å². The first kappa shape index (κ1) is 17.8. The van der Waals surface area contributed by atoms with Gasteiger partial charge in [-0.1, -0.05) is 0 Å². The van der Waals surface area contributed by atoms with Gasteiger partial charge in [0.1, 0.15) is 5.60 Å². The van der Waals surface area contributed by atoms with Gasteiger partial charge in [0.2, 0.25) is 0 Å². The molecule has 7 heteroatoms. The Morgan fingerprint density at radius 2 is 1.70 bits per heavy atom. The highest BCUT2D eigenvalue weighted by Crippen LogP contribution is 2.18. The predicted molar refractivity (Wildman–Crippen MR) is 88.1 cm³/mol. The molecule has 0 saturated carbocycles. The maximum atomic E-state index is 12.2. The Labute approximate surface area is 138 Å². The van der Waals surface area contributed by atoms with Crippen molar-refractivity contribution in [1.29, 1.82) is 0 Å². The molecule has 3 N–H and O–H groups in total. The summed E-state index contributed by atoms with van der Waals surface area (Å²) >= 11 is 0. The molecule has 23 heavy (non-hydrogen) atoms. The summed E-state index contributed by atoms with van der Waals surface area (Å²) in [6, 6.07) is 0.341. The van der Waals surface area contributed by atoms with Crippen LogP contribution in [0.1, 0.15) is 46.5 Å². The van der Waals surface area contributed by atoms with Gasteiger partial charge in [0.05, 0.1) is 0 Å². The highest BCUT2D eigenvalue weighted by atomic mass is 16.6. The van der Waals surface area contributed by atoms with Gasteiger partial charge in [-0.25, -0.2) is 9.59 Å². The fraction of sp³-hybridized carbons (Fsp3) is 0.875. The fourth-order valence-corrected chi connectivity index (χ4v) is 3.21. The van der Waals surface area contributed by atoms with E-state index in [0.717, 1.165) is 32.2 Å². The van der Waals surface area contributed by atoms with Gasteiger partial charge in [-0.3, -0.25) is 0 Å². The first-order valence-corrected chi connectivity index (χ1v) is 8.53. The highest BCUT2D eigenvalue weighted by molar-refractivity contribution is 5.72. The van der Waals surface area contributed by atoms with Crippen LogP contribution in [0.4, 0.5) is 9.59 Å². The van der Waals surface area contributed by atoms with E-state index in [2.05, 4.69) is 5.32 Å². The molecule has 0 aliphatic carbocycles. The summed E-state index contributed by atoms with van der Waals surface area (Å²) < 4.78 is 5.46. The minimum atomic E-state index is -0.459. The number of primary amides is 1. The second kappa shape index (κ2) is 7.38. The average Bonchev–Trinajstić information content (AvgIpc) is 2.46. The number of hydrogen-bond acceptors (Lipinski definition) is 4. The van der Waals surface area contributed by atoms with Gasteiger partial charge in [-0.05, 0) is 46.5 Å². The predicted octanol–water partition coefficient (Wildman–Crippen LogP) is 1.52. The third-order valence-corrected chi connectivity index (χ3v) is 4.35. The summed E-state index contributed by atoms with van der Waals surface area (Å²) in [4.78, 5) is 26.8. The number of ether oxygens (including phenoxy) is 1. The van der Waals surface area contributed by atoms with Crippen LogP contribution in [-0.4, -0.2) is 65.8 Å². The monoisotopic (exact) mass is 326 g/mol. The zero-order valence-corrected chi connectivity index (χ0v) is 14.5. The largest absolute Gasteiger partial charge is 0.444 e. The molecule has 0 spiro atoms. The summed E-state index contributed by atoms with van der Waals surface area (Å²) in [6.07, 6.45) is 3.64. The van der Waals surface area contributed by atoms with Gasteiger partial charge in [-0.15, -0.1) is 0 Å². The number of hydrogen-bond donors (Lipinski definition) is 2. The second-order valence-electron chi connectivity index (χ2n) is 7.53. The van der Waals surface area contributed by atoms with Crippen molar-refractivity contribution in [3.05, 3.63) is 0 Å². The number of rotatable bonds is 2. The lowest BCUT2D eigenvalue weighted by atomic mass is 10.0. The molecule has 2 fully saturated rings. The van der Waals surface area contributed by atoms with Crippen LogP contribution in [0.15, 0.2) is 0 Å². The van der Waals surface area contributed by atoms with Crippen molar-refractivity contribution in [3.8, 4) is 0 Å². The minimum absolute atomic E-state index is 0.229. The lowest BCUT2D eigenvalue weighted by Crippen LogP contribution is -2.54. The third-order valence-electron chi connectivity index (χ3n) is 4.35. The van der Waals surface area contributed by atoms with Crippen molar-refractivity contribution in [2.45, 2.75) is 64.1 Å². The van der Waals surface area contributed by atoms with E-state index in [4.69, 9.17) is 10.5 Å². The van der Waals surface area contributed by atoms with Gasteiger partial charge in [0.15, 0.2) is 0 Å². The summed E-state index contributed by atoms with van der Waals surface area (Å²) in [5.74, 6) is 0. The van der Waals surface area contributed by atoms with Crippen molar-refractivity contribution in [2.75, 3.05) is 26.2 Å². The Morgan fingerprint density at radius 1 is 1.04 bits per heavy atom. The van der Waals surface area contributed by atoms with E-state index in [0.29, 0.717) is 31.7 Å². The normalized spacial score (nSPS) is 23.7. The third kappa shape index (κ3) is 5.57. The summed E-state index contributed by atoms with van der Waals surface area (Å²) in [7, 11) is 0. The molecule has 3 amide bonds. The zero-order chi connectivity index (χ0) is 17.0. The molecular formula is C16H30N4O3. The van der Waals surface area contributed by atoms with Crippen molar-refractivity contribution in [3.63, 3.8) is 0 Å². The molecular weight excluding hydrogens is 296 g/mol. The lowest BCUT2D eigenvalue weighted by molar-refractivity contribution is 0.0179. The van der Waals surface area contributed by atoms with E-state index in [1.54, 1.807) is 9.80 Å². The molecule has 0 aromatic carbocycles. The molecule has 7 nitrogen and oxygen atoms in total. The smallest absolute Gasteiger partial charge is 0.410 e. The summed E-state index contributed by atoms with van der Waals surface area (Å²) in [6.45, 7) is 8.51. The van der Waals surface area contributed by atoms with E-state index in [1.165, 1.54) is 0 Å². The van der Waals surface area contributed by atoms with Gasteiger partial charge in [-0.2, -0.15) is 0 Å². The zero-order valence-electron chi connectivity index (χ0n) is 14.5. The average molecular weight is 326 g/mol. The number of nitrogens with one attached hydrogen (secondary N) is 1. The maximum Gasteiger partial charge on any atom is 0.410 e. The number of nitrogens with zero attached hydrogens (tertiary/aromatic N) is 2. The Balaban J connectivity index is 1.78. The number of likely N-dealkylation sites (tertiary alicyclic amines) is 2. The number of piperidine rings is 2. The SMILES string of the molecule is CC(C)(C)OC(=O)N1CCCC(NC2CCN(C(N)=O)CC2)C1. The van der Waals surface area contributed by atoms with Crippen LogP contribution < -0.4 is 11.1 Å². The molecule has 0 bridgehead atoms. The van der Waals surface area contributed by atoms with E-state index < -0.39 is 5.60 Å². The van der Waals surface area contributed by atoms with E-state index in [-0.39, 0.29) is 12.1 Å². The van der Waals surface area contributed by atoms with Gasteiger partial charge in [0.25, 0.3) is 0 Å². The molecule has 0 aromatic heterocycles. The van der Waals surface area contributed by atoms with E-state index in [9.17, 15) is 9.59 Å². The lowest BCUT2D eigenvalue weighted by Gasteiger charge is -2.38. The molecule has 1 atom stereocenters. The first-order valence-electron chi connectivity index (χ1n) is 8.53. The van der Waals surface area contributed by atoms with Crippen LogP contribution in [0.25, 0.3) is 0 Å². The van der Waals surface area contributed by atoms with Crippen LogP contribution >= 0.6 is 0 Å². The van der Waals surface area contributed by atoms with Gasteiger partial charge >= 0.3 is 12.1 Å². The summed E-state index contributed by atoms with van der Waals surface area (Å²) in [5, 5.41) is 3.64. The maximum absolute atomic E-state index is 12.2. The second-order valence-corrected chi connectivity index (χ2v) is 7.53. The number of nitrogens with two attached hydrogens (primary N) is 1. The molecule has 132 valence electrons. The van der Waals surface area contributed by atoms with Crippen molar-refractivity contribution in [1.82, 2.24) is 15.1 Å². The molecule has 2 aliphatic heterocycles. The van der Waals surface area contributed by atoms with Crippen LogP contribution in [-0.2, 0) is 4.74 Å². The van der Waals surface area contributed by atoms with E-state index >= 15 is 0 Å². The standard InChI is InChI=1S/C16H30N4O3/c1-16(2,3)23-15(22)20-8-4-5-13(11-20)18-12-6-9-19(10-7-12)14(17)21/h12-13,18H,4-11H2,1-3H3,(H2,17,21). The Morgan fingerprint density at radius 3 is 2.26 bits per heavy atom. The number of amides is 3. The topological polar surface area (TPSA) is 87.9 Å². The van der Waals surface area contributed by atoms with Crippen LogP contribution in [0.3, 0.4) is 0 Å². The molecule has 0 aromatic rings. The molecule has 2 rings (SSSR count). The molecule has 2 heterocycles. The minimum Gasteiger partial charge on any atom is -0.444 e.